The number of nitrogens with two attached hydrogens (primary N) is 1. The van der Waals surface area contributed by atoms with Gasteiger partial charge in [-0.3, -0.25) is 4.98 Å². The van der Waals surface area contributed by atoms with Crippen LogP contribution in [0.4, 0.5) is 0 Å². The SMILES string of the molecule is COC(=O)c1cccnc1CCN.Cl. The fourth-order valence-corrected chi connectivity index (χ4v) is 1.07. The van der Waals surface area contributed by atoms with E-state index in [1.54, 1.807) is 18.3 Å². The van der Waals surface area contributed by atoms with Crippen molar-refractivity contribution in [3.8, 4) is 0 Å². The summed E-state index contributed by atoms with van der Waals surface area (Å²) in [4.78, 5) is 15.3. The molecule has 1 aromatic heterocycles. The van der Waals surface area contributed by atoms with Crippen LogP contribution in [-0.4, -0.2) is 24.6 Å². The number of rotatable bonds is 3. The Morgan fingerprint density at radius 2 is 2.36 bits per heavy atom. The molecule has 5 heteroatoms. The number of halogens is 1. The zero-order valence-electron chi connectivity index (χ0n) is 7.90. The van der Waals surface area contributed by atoms with Crippen LogP contribution in [0.1, 0.15) is 16.1 Å². The van der Waals surface area contributed by atoms with Crippen molar-refractivity contribution in [2.45, 2.75) is 6.42 Å². The number of pyridine rings is 1. The molecule has 1 heterocycles. The zero-order valence-corrected chi connectivity index (χ0v) is 8.71. The van der Waals surface area contributed by atoms with E-state index in [-0.39, 0.29) is 18.4 Å². The summed E-state index contributed by atoms with van der Waals surface area (Å²) in [5, 5.41) is 0. The van der Waals surface area contributed by atoms with E-state index in [2.05, 4.69) is 9.72 Å². The highest BCUT2D eigenvalue weighted by atomic mass is 35.5. The van der Waals surface area contributed by atoms with E-state index < -0.39 is 0 Å². The van der Waals surface area contributed by atoms with Gasteiger partial charge in [-0.2, -0.15) is 0 Å². The predicted octanol–water partition coefficient (Wildman–Crippen LogP) is 0.791. The van der Waals surface area contributed by atoms with E-state index in [0.717, 1.165) is 0 Å². The Labute approximate surface area is 88.9 Å². The maximum Gasteiger partial charge on any atom is 0.339 e. The Morgan fingerprint density at radius 3 is 2.93 bits per heavy atom. The average Bonchev–Trinajstić information content (AvgIpc) is 2.18. The molecule has 0 radical (unpaired) electrons. The van der Waals surface area contributed by atoms with Crippen LogP contribution in [0.3, 0.4) is 0 Å². The third-order valence-corrected chi connectivity index (χ3v) is 1.68. The number of methoxy groups -OCH3 is 1. The molecular weight excluding hydrogens is 204 g/mol. The van der Waals surface area contributed by atoms with Crippen LogP contribution in [0.5, 0.6) is 0 Å². The molecule has 0 saturated heterocycles. The number of hydrogen-bond donors (Lipinski definition) is 1. The van der Waals surface area contributed by atoms with Crippen molar-refractivity contribution in [2.24, 2.45) is 5.73 Å². The van der Waals surface area contributed by atoms with Crippen molar-refractivity contribution in [1.82, 2.24) is 4.98 Å². The smallest absolute Gasteiger partial charge is 0.339 e. The Morgan fingerprint density at radius 1 is 1.64 bits per heavy atom. The van der Waals surface area contributed by atoms with E-state index in [9.17, 15) is 4.79 Å². The molecule has 0 aromatic carbocycles. The van der Waals surface area contributed by atoms with Gasteiger partial charge in [0.2, 0.25) is 0 Å². The molecule has 0 spiro atoms. The van der Waals surface area contributed by atoms with Gasteiger partial charge in [-0.15, -0.1) is 12.4 Å². The van der Waals surface area contributed by atoms with Gasteiger partial charge in [0, 0.05) is 12.6 Å². The Kier molecular flexibility index (Phi) is 5.83. The lowest BCUT2D eigenvalue weighted by Gasteiger charge is -2.04. The zero-order chi connectivity index (χ0) is 9.68. The molecule has 0 fully saturated rings. The summed E-state index contributed by atoms with van der Waals surface area (Å²) in [6.07, 6.45) is 2.22. The predicted molar refractivity (Wildman–Crippen MR) is 55.6 cm³/mol. The quantitative estimate of drug-likeness (QED) is 0.759. The topological polar surface area (TPSA) is 65.2 Å². The lowest BCUT2D eigenvalue weighted by atomic mass is 10.1. The third-order valence-electron chi connectivity index (χ3n) is 1.68. The standard InChI is InChI=1S/C9H12N2O2.ClH/c1-13-9(12)7-3-2-6-11-8(7)4-5-10;/h2-3,6H,4-5,10H2,1H3;1H. The van der Waals surface area contributed by atoms with Gasteiger partial charge in [-0.25, -0.2) is 4.79 Å². The lowest BCUT2D eigenvalue weighted by molar-refractivity contribution is 0.0599. The van der Waals surface area contributed by atoms with Crippen molar-refractivity contribution in [3.05, 3.63) is 29.6 Å². The van der Waals surface area contributed by atoms with Gasteiger partial charge in [0.25, 0.3) is 0 Å². The number of esters is 1. The second-order valence-corrected chi connectivity index (χ2v) is 2.53. The molecule has 0 saturated carbocycles. The second kappa shape index (κ2) is 6.34. The van der Waals surface area contributed by atoms with Gasteiger partial charge in [0.1, 0.15) is 0 Å². The molecule has 2 N–H and O–H groups in total. The summed E-state index contributed by atoms with van der Waals surface area (Å²) >= 11 is 0. The molecule has 78 valence electrons. The molecule has 1 aromatic rings. The van der Waals surface area contributed by atoms with E-state index in [0.29, 0.717) is 24.2 Å². The highest BCUT2D eigenvalue weighted by Gasteiger charge is 2.10. The maximum absolute atomic E-state index is 11.2. The van der Waals surface area contributed by atoms with E-state index in [4.69, 9.17) is 5.73 Å². The number of carbonyl (C=O) groups is 1. The number of ether oxygens (including phenoxy) is 1. The summed E-state index contributed by atoms with van der Waals surface area (Å²) in [5.41, 5.74) is 6.57. The van der Waals surface area contributed by atoms with Gasteiger partial charge in [-0.1, -0.05) is 0 Å². The largest absolute Gasteiger partial charge is 0.465 e. The van der Waals surface area contributed by atoms with Crippen LogP contribution < -0.4 is 5.73 Å². The molecule has 0 bridgehead atoms. The fraction of sp³-hybridized carbons (Fsp3) is 0.333. The molecule has 0 aliphatic rings. The van der Waals surface area contributed by atoms with Crippen molar-refractivity contribution >= 4 is 18.4 Å². The van der Waals surface area contributed by atoms with Gasteiger partial charge in [-0.05, 0) is 18.7 Å². The Hall–Kier alpha value is -1.13. The van der Waals surface area contributed by atoms with Gasteiger partial charge in [0.05, 0.1) is 18.4 Å². The number of nitrogens with zero attached hydrogens (tertiary/aromatic N) is 1. The molecule has 0 unspecified atom stereocenters. The molecule has 14 heavy (non-hydrogen) atoms. The minimum atomic E-state index is -0.364. The Balaban J connectivity index is 0.00000169. The summed E-state index contributed by atoms with van der Waals surface area (Å²) in [6.45, 7) is 0.473. The van der Waals surface area contributed by atoms with E-state index in [1.165, 1.54) is 7.11 Å². The van der Waals surface area contributed by atoms with Crippen molar-refractivity contribution < 1.29 is 9.53 Å². The normalized spacial score (nSPS) is 9.00. The lowest BCUT2D eigenvalue weighted by Crippen LogP contribution is -2.11. The number of carbonyl (C=O) groups excluding carboxylic acids is 1. The van der Waals surface area contributed by atoms with Crippen LogP contribution in [0.25, 0.3) is 0 Å². The van der Waals surface area contributed by atoms with Crippen LogP contribution in [0.15, 0.2) is 18.3 Å². The minimum absolute atomic E-state index is 0. The summed E-state index contributed by atoms with van der Waals surface area (Å²) in [6, 6.07) is 3.39. The molecule has 0 atom stereocenters. The number of aromatic nitrogens is 1. The van der Waals surface area contributed by atoms with Crippen molar-refractivity contribution in [3.63, 3.8) is 0 Å². The van der Waals surface area contributed by atoms with Crippen LogP contribution >= 0.6 is 12.4 Å². The first-order valence-corrected chi connectivity index (χ1v) is 4.02. The third kappa shape index (κ3) is 2.97. The summed E-state index contributed by atoms with van der Waals surface area (Å²) in [7, 11) is 1.35. The van der Waals surface area contributed by atoms with Crippen molar-refractivity contribution in [1.29, 1.82) is 0 Å². The summed E-state index contributed by atoms with van der Waals surface area (Å²) in [5.74, 6) is -0.364. The average molecular weight is 217 g/mol. The molecular formula is C9H13ClN2O2. The van der Waals surface area contributed by atoms with Crippen molar-refractivity contribution in [2.75, 3.05) is 13.7 Å². The molecule has 4 nitrogen and oxygen atoms in total. The van der Waals surface area contributed by atoms with Gasteiger partial charge >= 0.3 is 5.97 Å². The first kappa shape index (κ1) is 12.9. The highest BCUT2D eigenvalue weighted by Crippen LogP contribution is 2.06. The first-order chi connectivity index (χ1) is 6.29. The van der Waals surface area contributed by atoms with E-state index >= 15 is 0 Å². The fourth-order valence-electron chi connectivity index (χ4n) is 1.07. The van der Waals surface area contributed by atoms with Gasteiger partial charge < -0.3 is 10.5 Å². The highest BCUT2D eigenvalue weighted by molar-refractivity contribution is 5.90. The maximum atomic E-state index is 11.2. The van der Waals surface area contributed by atoms with Crippen LogP contribution in [0, 0.1) is 0 Å². The molecule has 0 aliphatic carbocycles. The second-order valence-electron chi connectivity index (χ2n) is 2.53. The van der Waals surface area contributed by atoms with Crippen LogP contribution in [-0.2, 0) is 11.2 Å². The monoisotopic (exact) mass is 216 g/mol. The minimum Gasteiger partial charge on any atom is -0.465 e. The Bertz CT molecular complexity index is 305. The number of hydrogen-bond acceptors (Lipinski definition) is 4. The molecule has 1 rings (SSSR count). The summed E-state index contributed by atoms with van der Waals surface area (Å²) < 4.78 is 4.60. The molecule has 0 amide bonds. The molecule has 0 aliphatic heterocycles. The van der Waals surface area contributed by atoms with E-state index in [1.807, 2.05) is 0 Å². The first-order valence-electron chi connectivity index (χ1n) is 4.02. The van der Waals surface area contributed by atoms with Crippen LogP contribution in [0.2, 0.25) is 0 Å². The van der Waals surface area contributed by atoms with Gasteiger partial charge in [0.15, 0.2) is 0 Å².